The van der Waals surface area contributed by atoms with Gasteiger partial charge in [0.15, 0.2) is 0 Å². The number of carbonyl (C=O) groups is 2. The third-order valence-electron chi connectivity index (χ3n) is 7.92. The van der Waals surface area contributed by atoms with Gasteiger partial charge in [-0.3, -0.25) is 4.79 Å². The summed E-state index contributed by atoms with van der Waals surface area (Å²) in [5, 5.41) is 9.54. The molecule has 3 aromatic carbocycles. The highest BCUT2D eigenvalue weighted by Crippen LogP contribution is 2.31. The molecule has 1 heterocycles. The summed E-state index contributed by atoms with van der Waals surface area (Å²) in [6.45, 7) is 5.01. The van der Waals surface area contributed by atoms with Gasteiger partial charge in [0.2, 0.25) is 0 Å². The molecule has 41 heavy (non-hydrogen) atoms. The molecule has 1 saturated heterocycles. The van der Waals surface area contributed by atoms with Gasteiger partial charge in [0.1, 0.15) is 5.75 Å². The number of halogens is 1. The molecule has 0 bridgehead atoms. The first-order valence-corrected chi connectivity index (χ1v) is 14.7. The molecule has 3 aromatic rings. The van der Waals surface area contributed by atoms with E-state index in [1.807, 2.05) is 43.3 Å². The van der Waals surface area contributed by atoms with Gasteiger partial charge in [-0.2, -0.15) is 0 Å². The van der Waals surface area contributed by atoms with Gasteiger partial charge in [-0.15, -0.1) is 0 Å². The van der Waals surface area contributed by atoms with E-state index in [9.17, 15) is 9.59 Å². The molecule has 216 valence electrons. The minimum Gasteiger partial charge on any atom is -0.495 e. The summed E-state index contributed by atoms with van der Waals surface area (Å²) in [6.07, 6.45) is 5.48. The number of urea groups is 1. The van der Waals surface area contributed by atoms with Crippen molar-refractivity contribution in [1.82, 2.24) is 5.32 Å². The molecule has 3 amide bonds. The first-order chi connectivity index (χ1) is 19.9. The van der Waals surface area contributed by atoms with Crippen LogP contribution in [-0.2, 0) is 0 Å². The van der Waals surface area contributed by atoms with Crippen molar-refractivity contribution in [2.24, 2.45) is 0 Å². The smallest absolute Gasteiger partial charge is 0.323 e. The van der Waals surface area contributed by atoms with Crippen molar-refractivity contribution in [3.8, 4) is 5.75 Å². The van der Waals surface area contributed by atoms with Crippen LogP contribution >= 0.6 is 11.6 Å². The number of ether oxygens (including phenoxy) is 1. The Balaban J connectivity index is 1.33. The van der Waals surface area contributed by atoms with Crippen LogP contribution in [0.1, 0.15) is 48.0 Å². The first kappa shape index (κ1) is 28.6. The number of rotatable bonds is 7. The average Bonchev–Trinajstić information content (AvgIpc) is 2.99. The molecule has 9 heteroatoms. The molecule has 0 spiro atoms. The lowest BCUT2D eigenvalue weighted by Crippen LogP contribution is -2.47. The summed E-state index contributed by atoms with van der Waals surface area (Å²) < 4.78 is 5.57. The maximum atomic E-state index is 13.6. The number of benzene rings is 3. The summed E-state index contributed by atoms with van der Waals surface area (Å²) in [6, 6.07) is 18.8. The molecular weight excluding hydrogens is 538 g/mol. The van der Waals surface area contributed by atoms with Crippen LogP contribution in [0.2, 0.25) is 5.02 Å². The number of anilines is 4. The summed E-state index contributed by atoms with van der Waals surface area (Å²) in [4.78, 5) is 31.0. The Bertz CT molecular complexity index is 1380. The predicted octanol–water partition coefficient (Wildman–Crippen LogP) is 6.69. The fourth-order valence-corrected chi connectivity index (χ4v) is 5.81. The van der Waals surface area contributed by atoms with Gasteiger partial charge >= 0.3 is 6.03 Å². The number of carbonyl (C=O) groups excluding carboxylic acids is 2. The van der Waals surface area contributed by atoms with Gasteiger partial charge < -0.3 is 30.5 Å². The topological polar surface area (TPSA) is 85.9 Å². The number of para-hydroxylation sites is 2. The second kappa shape index (κ2) is 13.2. The quantitative estimate of drug-likeness (QED) is 0.292. The van der Waals surface area contributed by atoms with Crippen molar-refractivity contribution in [1.29, 1.82) is 0 Å². The Morgan fingerprint density at radius 1 is 0.829 bits per heavy atom. The van der Waals surface area contributed by atoms with Gasteiger partial charge in [0.25, 0.3) is 5.91 Å². The third kappa shape index (κ3) is 7.06. The Labute approximate surface area is 247 Å². The van der Waals surface area contributed by atoms with Crippen LogP contribution in [0.15, 0.2) is 60.7 Å². The third-order valence-corrected chi connectivity index (χ3v) is 8.32. The molecule has 0 unspecified atom stereocenters. The Hall–Kier alpha value is -3.91. The first-order valence-electron chi connectivity index (χ1n) is 14.3. The van der Waals surface area contributed by atoms with Crippen molar-refractivity contribution in [3.63, 3.8) is 0 Å². The van der Waals surface area contributed by atoms with Gasteiger partial charge in [0.05, 0.1) is 18.4 Å². The Kier molecular flexibility index (Phi) is 9.19. The normalized spacial score (nSPS) is 15.8. The number of nitrogens with one attached hydrogen (secondary N) is 3. The van der Waals surface area contributed by atoms with E-state index in [1.165, 1.54) is 6.42 Å². The molecule has 1 aliphatic heterocycles. The maximum absolute atomic E-state index is 13.6. The molecule has 0 atom stereocenters. The summed E-state index contributed by atoms with van der Waals surface area (Å²) in [5.74, 6) is 0.753. The Morgan fingerprint density at radius 3 is 2.15 bits per heavy atom. The summed E-state index contributed by atoms with van der Waals surface area (Å²) >= 11 is 6.21. The van der Waals surface area contributed by atoms with E-state index in [1.54, 1.807) is 25.3 Å². The van der Waals surface area contributed by atoms with Crippen molar-refractivity contribution >= 4 is 46.3 Å². The summed E-state index contributed by atoms with van der Waals surface area (Å²) in [7, 11) is 1.69. The van der Waals surface area contributed by atoms with E-state index >= 15 is 0 Å². The van der Waals surface area contributed by atoms with Gasteiger partial charge in [-0.25, -0.2) is 4.79 Å². The minimum absolute atomic E-state index is 0.103. The lowest BCUT2D eigenvalue weighted by molar-refractivity contribution is 0.0928. The largest absolute Gasteiger partial charge is 0.495 e. The van der Waals surface area contributed by atoms with Gasteiger partial charge in [0, 0.05) is 54.3 Å². The van der Waals surface area contributed by atoms with Crippen LogP contribution in [0.5, 0.6) is 5.75 Å². The fourth-order valence-electron chi connectivity index (χ4n) is 5.62. The maximum Gasteiger partial charge on any atom is 0.323 e. The van der Waals surface area contributed by atoms with Crippen molar-refractivity contribution in [3.05, 3.63) is 76.8 Å². The number of nitrogens with zero attached hydrogens (tertiary/aromatic N) is 2. The van der Waals surface area contributed by atoms with Gasteiger partial charge in [-0.05, 0) is 67.8 Å². The van der Waals surface area contributed by atoms with Crippen LogP contribution < -0.4 is 30.5 Å². The second-order valence-corrected chi connectivity index (χ2v) is 11.1. The lowest BCUT2D eigenvalue weighted by Gasteiger charge is -2.38. The number of hydrogen-bond acceptors (Lipinski definition) is 5. The fraction of sp³-hybridized carbons (Fsp3) is 0.375. The van der Waals surface area contributed by atoms with E-state index in [-0.39, 0.29) is 11.9 Å². The molecule has 2 fully saturated rings. The second-order valence-electron chi connectivity index (χ2n) is 10.7. The van der Waals surface area contributed by atoms with Crippen LogP contribution in [0.3, 0.4) is 0 Å². The number of hydrogen-bond donors (Lipinski definition) is 3. The molecule has 3 N–H and O–H groups in total. The SMILES string of the molecule is COc1ccccc1N1CCN(c2ccc(NC(=O)Nc3ccc(C)c(Cl)c3)cc2C(=O)NC2CCCCC2)CC1. The number of methoxy groups -OCH3 is 1. The van der Waals surface area contributed by atoms with Crippen LogP contribution in [-0.4, -0.2) is 51.3 Å². The number of amides is 3. The monoisotopic (exact) mass is 575 g/mol. The van der Waals surface area contributed by atoms with Crippen molar-refractivity contribution < 1.29 is 14.3 Å². The van der Waals surface area contributed by atoms with Crippen molar-refractivity contribution in [2.45, 2.75) is 45.1 Å². The number of aryl methyl sites for hydroxylation is 1. The molecular formula is C32H38ClN5O3. The molecule has 1 aliphatic carbocycles. The van der Waals surface area contributed by atoms with Gasteiger partial charge in [-0.1, -0.05) is 49.1 Å². The van der Waals surface area contributed by atoms with Crippen LogP contribution in [0.4, 0.5) is 27.5 Å². The Morgan fingerprint density at radius 2 is 1.46 bits per heavy atom. The van der Waals surface area contributed by atoms with E-state index in [0.29, 0.717) is 22.0 Å². The number of piperazine rings is 1. The highest BCUT2D eigenvalue weighted by molar-refractivity contribution is 6.31. The van der Waals surface area contributed by atoms with E-state index in [2.05, 4.69) is 31.8 Å². The highest BCUT2D eigenvalue weighted by atomic mass is 35.5. The molecule has 2 aliphatic rings. The zero-order chi connectivity index (χ0) is 28.8. The predicted molar refractivity (Wildman–Crippen MR) is 167 cm³/mol. The molecule has 1 saturated carbocycles. The van der Waals surface area contributed by atoms with Crippen molar-refractivity contribution in [2.75, 3.05) is 53.7 Å². The molecule has 0 aromatic heterocycles. The summed E-state index contributed by atoms with van der Waals surface area (Å²) in [5.41, 5.74) is 4.59. The molecule has 5 rings (SSSR count). The van der Waals surface area contributed by atoms with E-state index in [0.717, 1.165) is 74.6 Å². The zero-order valence-electron chi connectivity index (χ0n) is 23.7. The average molecular weight is 576 g/mol. The molecule has 8 nitrogen and oxygen atoms in total. The lowest BCUT2D eigenvalue weighted by atomic mass is 9.95. The molecule has 0 radical (unpaired) electrons. The van der Waals surface area contributed by atoms with Crippen LogP contribution in [0, 0.1) is 6.92 Å². The van der Waals surface area contributed by atoms with Crippen LogP contribution in [0.25, 0.3) is 0 Å². The van der Waals surface area contributed by atoms with E-state index in [4.69, 9.17) is 16.3 Å². The zero-order valence-corrected chi connectivity index (χ0v) is 24.5. The minimum atomic E-state index is -0.401. The highest BCUT2D eigenvalue weighted by Gasteiger charge is 2.25. The van der Waals surface area contributed by atoms with E-state index < -0.39 is 6.03 Å². The standard InChI is InChI=1S/C32H38ClN5O3/c1-22-12-13-25(21-27(22)33)36-32(40)35-24-14-15-28(26(20-24)31(39)34-23-8-4-3-5-9-23)37-16-18-38(19-17-37)29-10-6-7-11-30(29)41-2/h6-7,10-15,20-21,23H,3-5,8-9,16-19H2,1-2H3,(H,34,39)(H2,35,36,40).